The lowest BCUT2D eigenvalue weighted by atomic mass is 9.96. The number of nitrogens with one attached hydrogen (secondary N) is 2. The van der Waals surface area contributed by atoms with Crippen LogP contribution >= 0.6 is 23.2 Å². The third kappa shape index (κ3) is 6.95. The first-order valence-electron chi connectivity index (χ1n) is 14.5. The van der Waals surface area contributed by atoms with Crippen molar-refractivity contribution in [3.05, 3.63) is 64.3 Å². The van der Waals surface area contributed by atoms with E-state index in [1.807, 2.05) is 24.3 Å². The van der Waals surface area contributed by atoms with Crippen molar-refractivity contribution in [1.29, 1.82) is 0 Å². The van der Waals surface area contributed by atoms with Crippen molar-refractivity contribution in [3.8, 4) is 22.9 Å². The first kappa shape index (κ1) is 28.2. The lowest BCUT2D eigenvalue weighted by molar-refractivity contribution is -0.119. The highest BCUT2D eigenvalue weighted by atomic mass is 35.5. The Bertz CT molecular complexity index is 1340. The van der Waals surface area contributed by atoms with Gasteiger partial charge < -0.3 is 20.3 Å². The molecule has 3 aliphatic heterocycles. The maximum absolute atomic E-state index is 11.3. The van der Waals surface area contributed by atoms with Gasteiger partial charge in [-0.2, -0.15) is 0 Å². The van der Waals surface area contributed by atoms with Crippen LogP contribution in [0.1, 0.15) is 38.2 Å². The van der Waals surface area contributed by atoms with E-state index in [1.165, 1.54) is 12.8 Å². The number of anilines is 1. The van der Waals surface area contributed by atoms with Crippen molar-refractivity contribution in [2.24, 2.45) is 5.92 Å². The number of benzene rings is 1. The van der Waals surface area contributed by atoms with Gasteiger partial charge in [0.15, 0.2) is 0 Å². The number of hydrogen-bond acceptors (Lipinski definition) is 7. The van der Waals surface area contributed by atoms with E-state index in [0.29, 0.717) is 39.7 Å². The molecule has 0 aliphatic carbocycles. The predicted molar refractivity (Wildman–Crippen MR) is 163 cm³/mol. The van der Waals surface area contributed by atoms with E-state index in [2.05, 4.69) is 32.6 Å². The normalized spacial score (nSPS) is 21.2. The molecule has 3 fully saturated rings. The van der Waals surface area contributed by atoms with Gasteiger partial charge in [0.25, 0.3) is 0 Å². The lowest BCUT2D eigenvalue weighted by Gasteiger charge is -2.36. The quantitative estimate of drug-likeness (QED) is 0.355. The van der Waals surface area contributed by atoms with Crippen LogP contribution in [0.5, 0.6) is 11.6 Å². The number of carbonyl (C=O) groups is 1. The van der Waals surface area contributed by atoms with Crippen molar-refractivity contribution >= 4 is 34.9 Å². The van der Waals surface area contributed by atoms with Crippen molar-refractivity contribution in [2.45, 2.75) is 51.2 Å². The Morgan fingerprint density at radius 2 is 1.76 bits per heavy atom. The highest BCUT2D eigenvalue weighted by Gasteiger charge is 2.37. The Hall–Kier alpha value is -2.91. The maximum Gasteiger partial charge on any atom is 0.220 e. The van der Waals surface area contributed by atoms with Gasteiger partial charge in [-0.15, -0.1) is 0 Å². The van der Waals surface area contributed by atoms with Gasteiger partial charge in [-0.3, -0.25) is 9.69 Å². The number of likely N-dealkylation sites (tertiary alicyclic amines) is 1. The zero-order valence-corrected chi connectivity index (χ0v) is 24.8. The molecule has 2 atom stereocenters. The fourth-order valence-electron chi connectivity index (χ4n) is 6.31. The average molecular weight is 596 g/mol. The number of rotatable bonds is 8. The van der Waals surface area contributed by atoms with Crippen LogP contribution in [0.4, 0.5) is 5.82 Å². The molecule has 1 amide bonds. The molecular weight excluding hydrogens is 559 g/mol. The van der Waals surface area contributed by atoms with E-state index in [-0.39, 0.29) is 5.91 Å². The van der Waals surface area contributed by atoms with Gasteiger partial charge in [0.1, 0.15) is 11.6 Å². The molecule has 2 unspecified atom stereocenters. The summed E-state index contributed by atoms with van der Waals surface area (Å²) >= 11 is 12.7. The monoisotopic (exact) mass is 594 g/mol. The first-order valence-corrected chi connectivity index (χ1v) is 15.2. The maximum atomic E-state index is 11.3. The van der Waals surface area contributed by atoms with Crippen LogP contribution < -0.4 is 20.3 Å². The Balaban J connectivity index is 1.20. The smallest absolute Gasteiger partial charge is 0.220 e. The minimum atomic E-state index is 0.0335. The number of pyridine rings is 2. The van der Waals surface area contributed by atoms with E-state index < -0.39 is 0 Å². The molecular formula is C31H36Cl2N6O2. The second-order valence-electron chi connectivity index (χ2n) is 11.4. The van der Waals surface area contributed by atoms with Gasteiger partial charge in [-0.1, -0.05) is 23.2 Å². The fourth-order valence-corrected chi connectivity index (χ4v) is 6.83. The number of aromatic nitrogens is 2. The number of piperidine rings is 1. The van der Waals surface area contributed by atoms with Gasteiger partial charge in [-0.05, 0) is 86.7 Å². The van der Waals surface area contributed by atoms with E-state index >= 15 is 0 Å². The molecule has 41 heavy (non-hydrogen) atoms. The third-order valence-corrected chi connectivity index (χ3v) is 8.80. The van der Waals surface area contributed by atoms with Gasteiger partial charge in [0, 0.05) is 66.9 Å². The molecule has 0 radical (unpaired) electrons. The van der Waals surface area contributed by atoms with Crippen LogP contribution in [-0.2, 0) is 11.3 Å². The summed E-state index contributed by atoms with van der Waals surface area (Å²) in [5.41, 5.74) is 2.69. The van der Waals surface area contributed by atoms with Crippen LogP contribution in [0, 0.1) is 5.92 Å². The van der Waals surface area contributed by atoms with Crippen LogP contribution in [-0.4, -0.2) is 65.6 Å². The topological polar surface area (TPSA) is 82.6 Å². The number of piperazine rings is 1. The van der Waals surface area contributed by atoms with Crippen LogP contribution in [0.25, 0.3) is 11.3 Å². The van der Waals surface area contributed by atoms with Gasteiger partial charge in [0.05, 0.1) is 11.9 Å². The molecule has 1 aromatic carbocycles. The van der Waals surface area contributed by atoms with Crippen molar-refractivity contribution in [1.82, 2.24) is 25.5 Å². The summed E-state index contributed by atoms with van der Waals surface area (Å²) in [7, 11) is 0. The Kier molecular flexibility index (Phi) is 8.63. The molecule has 2 bridgehead atoms. The molecule has 2 N–H and O–H groups in total. The summed E-state index contributed by atoms with van der Waals surface area (Å²) in [6, 6.07) is 14.6. The summed E-state index contributed by atoms with van der Waals surface area (Å²) in [5.74, 6) is 2.71. The zero-order chi connectivity index (χ0) is 28.3. The molecule has 3 saturated heterocycles. The molecule has 3 aliphatic rings. The van der Waals surface area contributed by atoms with Gasteiger partial charge in [-0.25, -0.2) is 9.97 Å². The van der Waals surface area contributed by atoms with Crippen molar-refractivity contribution in [3.63, 3.8) is 0 Å². The minimum Gasteiger partial charge on any atom is -0.437 e. The number of hydrogen-bond donors (Lipinski definition) is 2. The number of amides is 1. The van der Waals surface area contributed by atoms with Crippen LogP contribution in [0.3, 0.4) is 0 Å². The molecule has 6 rings (SSSR count). The summed E-state index contributed by atoms with van der Waals surface area (Å²) in [6.07, 6.45) is 6.31. The van der Waals surface area contributed by atoms with Gasteiger partial charge >= 0.3 is 0 Å². The molecule has 0 saturated carbocycles. The van der Waals surface area contributed by atoms with Gasteiger partial charge in [0.2, 0.25) is 11.8 Å². The first-order chi connectivity index (χ1) is 19.9. The number of fused-ring (bicyclic) bond motifs is 2. The SMILES string of the molecule is CC(=O)NCC1CCN(Cc2cc(Oc3ccc(N4C5CCC4CNC5)nc3)nc(-c3cc(Cl)cc(Cl)c3)c2)CC1. The third-order valence-electron chi connectivity index (χ3n) is 8.36. The highest BCUT2D eigenvalue weighted by Crippen LogP contribution is 2.34. The number of ether oxygens (including phenoxy) is 1. The molecule has 216 valence electrons. The molecule has 3 aromatic rings. The summed E-state index contributed by atoms with van der Waals surface area (Å²) in [5, 5.41) is 7.61. The second-order valence-corrected chi connectivity index (χ2v) is 12.3. The van der Waals surface area contributed by atoms with Crippen molar-refractivity contribution in [2.75, 3.05) is 37.6 Å². The predicted octanol–water partition coefficient (Wildman–Crippen LogP) is 5.53. The van der Waals surface area contributed by atoms with Crippen LogP contribution in [0.2, 0.25) is 10.0 Å². The number of halogens is 2. The Labute approximate surface area is 251 Å². The average Bonchev–Trinajstić information content (AvgIpc) is 3.20. The van der Waals surface area contributed by atoms with E-state index in [1.54, 1.807) is 19.2 Å². The van der Waals surface area contributed by atoms with E-state index in [0.717, 1.165) is 74.7 Å². The Morgan fingerprint density at radius 3 is 2.41 bits per heavy atom. The largest absolute Gasteiger partial charge is 0.437 e. The molecule has 10 heteroatoms. The minimum absolute atomic E-state index is 0.0335. The summed E-state index contributed by atoms with van der Waals surface area (Å²) in [4.78, 5) is 25.8. The molecule has 8 nitrogen and oxygen atoms in total. The fraction of sp³-hybridized carbons (Fsp3) is 0.452. The Morgan fingerprint density at radius 1 is 1.02 bits per heavy atom. The van der Waals surface area contributed by atoms with Crippen molar-refractivity contribution < 1.29 is 9.53 Å². The van der Waals surface area contributed by atoms with E-state index in [4.69, 9.17) is 37.9 Å². The molecule has 2 aromatic heterocycles. The van der Waals surface area contributed by atoms with E-state index in [9.17, 15) is 4.79 Å². The lowest BCUT2D eigenvalue weighted by Crippen LogP contribution is -2.52. The second kappa shape index (κ2) is 12.5. The summed E-state index contributed by atoms with van der Waals surface area (Å²) < 4.78 is 6.28. The summed E-state index contributed by atoms with van der Waals surface area (Å²) in [6.45, 7) is 7.06. The number of carbonyl (C=O) groups excluding carboxylic acids is 1. The number of nitrogens with zero attached hydrogens (tertiary/aromatic N) is 4. The highest BCUT2D eigenvalue weighted by molar-refractivity contribution is 6.35. The zero-order valence-electron chi connectivity index (χ0n) is 23.3. The standard InChI is InChI=1S/C31H36Cl2N6O2/c1-20(40)35-15-21-6-8-38(9-7-21)19-22-10-29(23-12-24(32)14-25(33)13-23)37-31(11-22)41-28-4-5-30(36-18-28)39-26-2-3-27(39)17-34-16-26/h4-5,10-14,18,21,26-27,34H,2-3,6-9,15-17,19H2,1H3,(H,35,40). The molecule has 0 spiro atoms. The molecule has 5 heterocycles. The van der Waals surface area contributed by atoms with Crippen LogP contribution in [0.15, 0.2) is 48.7 Å².